The van der Waals surface area contributed by atoms with Gasteiger partial charge in [-0.25, -0.2) is 8.42 Å². The number of hydrogen-bond donors (Lipinski definition) is 1. The zero-order chi connectivity index (χ0) is 19.2. The van der Waals surface area contributed by atoms with E-state index in [2.05, 4.69) is 25.1 Å². The van der Waals surface area contributed by atoms with Crippen molar-refractivity contribution in [2.75, 3.05) is 39.3 Å². The van der Waals surface area contributed by atoms with Crippen LogP contribution in [0.3, 0.4) is 0 Å². The Labute approximate surface area is 156 Å². The lowest BCUT2D eigenvalue weighted by Gasteiger charge is -2.33. The van der Waals surface area contributed by atoms with Gasteiger partial charge in [-0.3, -0.25) is 9.69 Å². The lowest BCUT2D eigenvalue weighted by Crippen LogP contribution is -2.51. The summed E-state index contributed by atoms with van der Waals surface area (Å²) < 4.78 is 27.1. The third-order valence-electron chi connectivity index (χ3n) is 4.79. The van der Waals surface area contributed by atoms with E-state index in [1.165, 1.54) is 4.31 Å². The van der Waals surface area contributed by atoms with E-state index >= 15 is 0 Å². The number of amides is 1. The van der Waals surface area contributed by atoms with Crippen molar-refractivity contribution in [1.82, 2.24) is 14.5 Å². The first-order valence-corrected chi connectivity index (χ1v) is 10.3. The van der Waals surface area contributed by atoms with Crippen LogP contribution in [-0.4, -0.2) is 62.8 Å². The number of benzene rings is 1. The van der Waals surface area contributed by atoms with Gasteiger partial charge in [-0.1, -0.05) is 31.9 Å². The number of carbonyl (C=O) groups excluding carboxylic acids is 1. The topological polar surface area (TPSA) is 69.7 Å². The second kappa shape index (κ2) is 9.17. The van der Waals surface area contributed by atoms with Crippen LogP contribution in [0, 0.1) is 12.3 Å². The molecule has 0 radical (unpaired) electrons. The van der Waals surface area contributed by atoms with Crippen molar-refractivity contribution in [1.29, 1.82) is 0 Å². The highest BCUT2D eigenvalue weighted by Crippen LogP contribution is 2.23. The SMILES string of the molecule is C#CCNC(=O)CN1CCN(S(=O)(=O)c2ccc([C@H](C)CC)cc2)CC1. The zero-order valence-electron chi connectivity index (χ0n) is 15.4. The number of nitrogens with zero attached hydrogens (tertiary/aromatic N) is 2. The monoisotopic (exact) mass is 377 g/mol. The predicted octanol–water partition coefficient (Wildman–Crippen LogP) is 1.26. The van der Waals surface area contributed by atoms with Gasteiger partial charge in [0.1, 0.15) is 0 Å². The molecule has 7 heteroatoms. The molecule has 2 rings (SSSR count). The van der Waals surface area contributed by atoms with Crippen LogP contribution in [0.1, 0.15) is 31.7 Å². The summed E-state index contributed by atoms with van der Waals surface area (Å²) in [7, 11) is -3.50. The fourth-order valence-corrected chi connectivity index (χ4v) is 4.31. The molecule has 0 bridgehead atoms. The second-order valence-electron chi connectivity index (χ2n) is 6.54. The molecule has 1 aliphatic rings. The van der Waals surface area contributed by atoms with Gasteiger partial charge in [0.05, 0.1) is 18.0 Å². The summed E-state index contributed by atoms with van der Waals surface area (Å²) in [5.74, 6) is 2.63. The summed E-state index contributed by atoms with van der Waals surface area (Å²) in [5, 5.41) is 2.62. The first kappa shape index (κ1) is 20.4. The van der Waals surface area contributed by atoms with Crippen LogP contribution in [0.5, 0.6) is 0 Å². The van der Waals surface area contributed by atoms with Crippen molar-refractivity contribution in [2.45, 2.75) is 31.1 Å². The van der Waals surface area contributed by atoms with Crippen LogP contribution in [-0.2, 0) is 14.8 Å². The van der Waals surface area contributed by atoms with Crippen LogP contribution >= 0.6 is 0 Å². The minimum Gasteiger partial charge on any atom is -0.344 e. The van der Waals surface area contributed by atoms with Crippen LogP contribution in [0.4, 0.5) is 0 Å². The van der Waals surface area contributed by atoms with Gasteiger partial charge in [0, 0.05) is 26.2 Å². The van der Waals surface area contributed by atoms with Crippen molar-refractivity contribution in [2.24, 2.45) is 0 Å². The van der Waals surface area contributed by atoms with E-state index in [0.29, 0.717) is 37.0 Å². The standard InChI is InChI=1S/C19H27N3O3S/c1-4-10-20-19(23)15-21-11-13-22(14-12-21)26(24,25)18-8-6-17(7-9-18)16(3)5-2/h1,6-9,16H,5,10-15H2,2-3H3,(H,20,23)/t16-/m1/s1. The highest BCUT2D eigenvalue weighted by molar-refractivity contribution is 7.89. The van der Waals surface area contributed by atoms with Gasteiger partial charge in [-0.2, -0.15) is 4.31 Å². The number of sulfonamides is 1. The van der Waals surface area contributed by atoms with Crippen LogP contribution < -0.4 is 5.32 Å². The quantitative estimate of drug-likeness (QED) is 0.726. The molecule has 0 saturated carbocycles. The maximum atomic E-state index is 12.8. The number of hydrogen-bond acceptors (Lipinski definition) is 4. The van der Waals surface area contributed by atoms with E-state index in [9.17, 15) is 13.2 Å². The fourth-order valence-electron chi connectivity index (χ4n) is 2.89. The second-order valence-corrected chi connectivity index (χ2v) is 8.48. The molecule has 1 aromatic rings. The number of carbonyl (C=O) groups is 1. The molecule has 1 fully saturated rings. The summed E-state index contributed by atoms with van der Waals surface area (Å²) in [6, 6.07) is 7.17. The van der Waals surface area contributed by atoms with Gasteiger partial charge in [0.2, 0.25) is 15.9 Å². The highest BCUT2D eigenvalue weighted by Gasteiger charge is 2.29. The third kappa shape index (κ3) is 5.07. The summed E-state index contributed by atoms with van der Waals surface area (Å²) in [6.07, 6.45) is 6.13. The number of rotatable bonds is 7. The molecule has 0 aromatic heterocycles. The van der Waals surface area contributed by atoms with Gasteiger partial charge in [0.15, 0.2) is 0 Å². The van der Waals surface area contributed by atoms with Gasteiger partial charge < -0.3 is 5.32 Å². The van der Waals surface area contributed by atoms with Crippen LogP contribution in [0.2, 0.25) is 0 Å². The average Bonchev–Trinajstić information content (AvgIpc) is 2.66. The van der Waals surface area contributed by atoms with Gasteiger partial charge in [-0.15, -0.1) is 6.42 Å². The minimum atomic E-state index is -3.50. The Balaban J connectivity index is 1.95. The Hall–Kier alpha value is -1.88. The molecule has 1 N–H and O–H groups in total. The van der Waals surface area contributed by atoms with Gasteiger partial charge in [-0.05, 0) is 30.0 Å². The van der Waals surface area contributed by atoms with Gasteiger partial charge >= 0.3 is 0 Å². The maximum absolute atomic E-state index is 12.8. The Morgan fingerprint density at radius 1 is 1.23 bits per heavy atom. The smallest absolute Gasteiger partial charge is 0.243 e. The molecule has 1 saturated heterocycles. The summed E-state index contributed by atoms with van der Waals surface area (Å²) in [5.41, 5.74) is 1.15. The maximum Gasteiger partial charge on any atom is 0.243 e. The molecule has 1 heterocycles. The first-order valence-electron chi connectivity index (χ1n) is 8.91. The average molecular weight is 378 g/mol. The van der Waals surface area contributed by atoms with Crippen molar-refractivity contribution in [3.63, 3.8) is 0 Å². The largest absolute Gasteiger partial charge is 0.344 e. The van der Waals surface area contributed by atoms with Gasteiger partial charge in [0.25, 0.3) is 0 Å². The van der Waals surface area contributed by atoms with E-state index in [-0.39, 0.29) is 19.0 Å². The first-order chi connectivity index (χ1) is 12.4. The minimum absolute atomic E-state index is 0.139. The summed E-state index contributed by atoms with van der Waals surface area (Å²) in [6.45, 7) is 6.47. The Morgan fingerprint density at radius 3 is 2.38 bits per heavy atom. The molecule has 1 amide bonds. The van der Waals surface area contributed by atoms with E-state index in [4.69, 9.17) is 6.42 Å². The van der Waals surface area contributed by atoms with E-state index in [1.54, 1.807) is 12.1 Å². The molecule has 26 heavy (non-hydrogen) atoms. The fraction of sp³-hybridized carbons (Fsp3) is 0.526. The van der Waals surface area contributed by atoms with E-state index in [1.807, 2.05) is 17.0 Å². The summed E-state index contributed by atoms with van der Waals surface area (Å²) >= 11 is 0. The third-order valence-corrected chi connectivity index (χ3v) is 6.70. The summed E-state index contributed by atoms with van der Waals surface area (Å²) in [4.78, 5) is 14.0. The molecular formula is C19H27N3O3S. The van der Waals surface area contributed by atoms with E-state index < -0.39 is 10.0 Å². The molecule has 6 nitrogen and oxygen atoms in total. The van der Waals surface area contributed by atoms with E-state index in [0.717, 1.165) is 12.0 Å². The van der Waals surface area contributed by atoms with Crippen molar-refractivity contribution < 1.29 is 13.2 Å². The predicted molar refractivity (Wildman–Crippen MR) is 102 cm³/mol. The van der Waals surface area contributed by atoms with Crippen molar-refractivity contribution in [3.8, 4) is 12.3 Å². The molecule has 142 valence electrons. The lowest BCUT2D eigenvalue weighted by atomic mass is 9.99. The number of terminal acetylenes is 1. The molecule has 1 aromatic carbocycles. The van der Waals surface area contributed by atoms with Crippen LogP contribution in [0.25, 0.3) is 0 Å². The lowest BCUT2D eigenvalue weighted by molar-refractivity contribution is -0.122. The molecule has 1 aliphatic heterocycles. The normalized spacial score (nSPS) is 17.4. The molecule has 0 spiro atoms. The number of nitrogens with one attached hydrogen (secondary N) is 1. The highest BCUT2D eigenvalue weighted by atomic mass is 32.2. The Kier molecular flexibility index (Phi) is 7.21. The molecule has 1 atom stereocenters. The Bertz CT molecular complexity index is 745. The van der Waals surface area contributed by atoms with Crippen molar-refractivity contribution in [3.05, 3.63) is 29.8 Å². The molecule has 0 aliphatic carbocycles. The molecular weight excluding hydrogens is 350 g/mol. The number of piperazine rings is 1. The zero-order valence-corrected chi connectivity index (χ0v) is 16.3. The van der Waals surface area contributed by atoms with Crippen LogP contribution in [0.15, 0.2) is 29.2 Å². The Morgan fingerprint density at radius 2 is 1.85 bits per heavy atom. The molecule has 0 unspecified atom stereocenters. The van der Waals surface area contributed by atoms with Crippen molar-refractivity contribution >= 4 is 15.9 Å².